The van der Waals surface area contributed by atoms with Crippen molar-refractivity contribution in [2.45, 2.75) is 71.1 Å². The second kappa shape index (κ2) is 16.2. The number of carbonyl (C=O) groups excluding carboxylic acids is 1. The Hall–Kier alpha value is -2.49. The van der Waals surface area contributed by atoms with Crippen molar-refractivity contribution in [2.24, 2.45) is 0 Å². The van der Waals surface area contributed by atoms with E-state index < -0.39 is 24.7 Å². The Labute approximate surface area is 199 Å². The van der Waals surface area contributed by atoms with Crippen molar-refractivity contribution in [1.29, 1.82) is 0 Å². The van der Waals surface area contributed by atoms with Crippen molar-refractivity contribution in [3.8, 4) is 5.75 Å². The molecule has 7 nitrogen and oxygen atoms in total. The zero-order valence-corrected chi connectivity index (χ0v) is 20.0. The molecule has 2 amide bonds. The summed E-state index contributed by atoms with van der Waals surface area (Å²) in [7, 11) is 0. The lowest BCUT2D eigenvalue weighted by Gasteiger charge is -2.23. The number of alkyl halides is 3. The van der Waals surface area contributed by atoms with E-state index >= 15 is 0 Å². The standard InChI is InChI=1S/C24H37F3N2O5/c1-3-5-14-28-23(32)29(15-8-6-7-13-24(25,26)27)16-17-34-20-11-9-19(10-12-20)18-21(22(30)31)33-4-2/h9-12,21H,3-8,13-18H2,1-2H3,(H,28,32)(H,30,31). The molecule has 0 saturated carbocycles. The average molecular weight is 491 g/mol. The third-order valence-electron chi connectivity index (χ3n) is 5.10. The van der Waals surface area contributed by atoms with Crippen LogP contribution < -0.4 is 10.1 Å². The lowest BCUT2D eigenvalue weighted by Crippen LogP contribution is -2.43. The van der Waals surface area contributed by atoms with E-state index in [-0.39, 0.29) is 25.5 Å². The fourth-order valence-corrected chi connectivity index (χ4v) is 3.23. The number of hydrogen-bond donors (Lipinski definition) is 2. The van der Waals surface area contributed by atoms with Gasteiger partial charge in [-0.2, -0.15) is 13.2 Å². The molecule has 0 aliphatic carbocycles. The van der Waals surface area contributed by atoms with Crippen molar-refractivity contribution in [2.75, 3.05) is 32.8 Å². The van der Waals surface area contributed by atoms with E-state index in [4.69, 9.17) is 9.47 Å². The third kappa shape index (κ3) is 13.3. The van der Waals surface area contributed by atoms with Gasteiger partial charge in [0.1, 0.15) is 12.4 Å². The molecule has 1 aromatic carbocycles. The minimum Gasteiger partial charge on any atom is -0.492 e. The zero-order valence-electron chi connectivity index (χ0n) is 20.0. The Morgan fingerprint density at radius 1 is 1.06 bits per heavy atom. The van der Waals surface area contributed by atoms with Gasteiger partial charge in [-0.25, -0.2) is 9.59 Å². The number of benzene rings is 1. The van der Waals surface area contributed by atoms with Crippen LogP contribution in [0.1, 0.15) is 57.9 Å². The number of nitrogens with one attached hydrogen (secondary N) is 1. The maximum Gasteiger partial charge on any atom is 0.389 e. The van der Waals surface area contributed by atoms with Gasteiger partial charge in [0.15, 0.2) is 6.10 Å². The van der Waals surface area contributed by atoms with E-state index in [1.54, 1.807) is 36.1 Å². The molecule has 0 radical (unpaired) electrons. The molecule has 0 aliphatic rings. The van der Waals surface area contributed by atoms with Gasteiger partial charge in [-0.15, -0.1) is 0 Å². The predicted octanol–water partition coefficient (Wildman–Crippen LogP) is 5.03. The van der Waals surface area contributed by atoms with Gasteiger partial charge in [0.05, 0.1) is 6.54 Å². The number of aliphatic carboxylic acids is 1. The van der Waals surface area contributed by atoms with Gasteiger partial charge in [-0.05, 0) is 43.9 Å². The highest BCUT2D eigenvalue weighted by molar-refractivity contribution is 5.74. The summed E-state index contributed by atoms with van der Waals surface area (Å²) in [5.41, 5.74) is 0.795. The fraction of sp³-hybridized carbons (Fsp3) is 0.667. The number of carboxylic acid groups (broad SMARTS) is 1. The molecule has 34 heavy (non-hydrogen) atoms. The van der Waals surface area contributed by atoms with E-state index in [0.717, 1.165) is 18.4 Å². The van der Waals surface area contributed by atoms with Crippen LogP contribution in [0.15, 0.2) is 24.3 Å². The molecule has 2 N–H and O–H groups in total. The first-order chi connectivity index (χ1) is 16.2. The highest BCUT2D eigenvalue weighted by atomic mass is 19.4. The van der Waals surface area contributed by atoms with Crippen LogP contribution in [0.5, 0.6) is 5.75 Å². The smallest absolute Gasteiger partial charge is 0.389 e. The van der Waals surface area contributed by atoms with Crippen LogP contribution in [0.3, 0.4) is 0 Å². The molecule has 0 aliphatic heterocycles. The Kier molecular flexibility index (Phi) is 14.1. The topological polar surface area (TPSA) is 88.1 Å². The summed E-state index contributed by atoms with van der Waals surface area (Å²) in [6.07, 6.45) is -2.93. The van der Waals surface area contributed by atoms with Crippen LogP contribution in [0.2, 0.25) is 0 Å². The number of ether oxygens (including phenoxy) is 2. The zero-order chi connectivity index (χ0) is 25.4. The maximum atomic E-state index is 12.5. The summed E-state index contributed by atoms with van der Waals surface area (Å²) in [6.45, 7) is 5.48. The largest absolute Gasteiger partial charge is 0.492 e. The highest BCUT2D eigenvalue weighted by Gasteiger charge is 2.26. The predicted molar refractivity (Wildman–Crippen MR) is 123 cm³/mol. The van der Waals surface area contributed by atoms with Gasteiger partial charge in [0, 0.05) is 32.5 Å². The Morgan fingerprint density at radius 2 is 1.76 bits per heavy atom. The SMILES string of the molecule is CCCCNC(=O)N(CCCCCC(F)(F)F)CCOc1ccc(CC(OCC)C(=O)O)cc1. The summed E-state index contributed by atoms with van der Waals surface area (Å²) < 4.78 is 47.9. The van der Waals surface area contributed by atoms with E-state index in [9.17, 15) is 27.9 Å². The molecular formula is C24H37F3N2O5. The number of rotatable bonds is 17. The van der Waals surface area contributed by atoms with Crippen LogP contribution in [0.25, 0.3) is 0 Å². The normalized spacial score (nSPS) is 12.3. The molecule has 1 aromatic rings. The van der Waals surface area contributed by atoms with Crippen molar-refractivity contribution < 1.29 is 37.3 Å². The first-order valence-corrected chi connectivity index (χ1v) is 11.8. The molecule has 1 rings (SSSR count). The summed E-state index contributed by atoms with van der Waals surface area (Å²) in [4.78, 5) is 25.2. The molecule has 0 heterocycles. The fourth-order valence-electron chi connectivity index (χ4n) is 3.23. The van der Waals surface area contributed by atoms with E-state index in [1.165, 1.54) is 0 Å². The summed E-state index contributed by atoms with van der Waals surface area (Å²) in [5.74, 6) is -0.443. The second-order valence-corrected chi connectivity index (χ2v) is 7.98. The molecule has 0 spiro atoms. The molecule has 1 atom stereocenters. The van der Waals surface area contributed by atoms with Crippen molar-refractivity contribution >= 4 is 12.0 Å². The van der Waals surface area contributed by atoms with Crippen LogP contribution in [0.4, 0.5) is 18.0 Å². The number of hydrogen-bond acceptors (Lipinski definition) is 4. The van der Waals surface area contributed by atoms with E-state index in [2.05, 4.69) is 5.32 Å². The number of unbranched alkanes of at least 4 members (excludes halogenated alkanes) is 3. The van der Waals surface area contributed by atoms with Crippen molar-refractivity contribution in [1.82, 2.24) is 10.2 Å². The summed E-state index contributed by atoms with van der Waals surface area (Å²) in [6, 6.07) is 6.73. The van der Waals surface area contributed by atoms with Gasteiger partial charge in [-0.1, -0.05) is 31.9 Å². The Bertz CT molecular complexity index is 714. The summed E-state index contributed by atoms with van der Waals surface area (Å²) >= 11 is 0. The number of halogens is 3. The quantitative estimate of drug-likeness (QED) is 0.299. The Balaban J connectivity index is 2.53. The average Bonchev–Trinajstić information content (AvgIpc) is 2.77. The number of carbonyl (C=O) groups is 2. The summed E-state index contributed by atoms with van der Waals surface area (Å²) in [5, 5.41) is 12.0. The minimum absolute atomic E-state index is 0.0453. The van der Waals surface area contributed by atoms with Gasteiger partial charge < -0.3 is 24.8 Å². The number of carboxylic acids is 1. The number of nitrogens with zero attached hydrogens (tertiary/aromatic N) is 1. The first kappa shape index (κ1) is 29.5. The molecule has 10 heteroatoms. The molecule has 0 bridgehead atoms. The molecule has 0 saturated heterocycles. The molecule has 194 valence electrons. The molecular weight excluding hydrogens is 453 g/mol. The van der Waals surface area contributed by atoms with Crippen molar-refractivity contribution in [3.63, 3.8) is 0 Å². The van der Waals surface area contributed by atoms with Crippen LogP contribution in [0, 0.1) is 0 Å². The highest BCUT2D eigenvalue weighted by Crippen LogP contribution is 2.22. The lowest BCUT2D eigenvalue weighted by atomic mass is 10.1. The first-order valence-electron chi connectivity index (χ1n) is 11.8. The molecule has 0 fully saturated rings. The van der Waals surface area contributed by atoms with Gasteiger partial charge in [-0.3, -0.25) is 0 Å². The molecule has 1 unspecified atom stereocenters. The van der Waals surface area contributed by atoms with Gasteiger partial charge >= 0.3 is 18.2 Å². The van der Waals surface area contributed by atoms with Gasteiger partial charge in [0.2, 0.25) is 0 Å². The van der Waals surface area contributed by atoms with Crippen LogP contribution in [-0.4, -0.2) is 67.1 Å². The van der Waals surface area contributed by atoms with E-state index in [1.807, 2.05) is 6.92 Å². The van der Waals surface area contributed by atoms with Crippen molar-refractivity contribution in [3.05, 3.63) is 29.8 Å². The number of amides is 2. The second-order valence-electron chi connectivity index (χ2n) is 7.98. The monoisotopic (exact) mass is 490 g/mol. The lowest BCUT2D eigenvalue weighted by molar-refractivity contribution is -0.150. The molecule has 0 aromatic heterocycles. The minimum atomic E-state index is -4.15. The maximum absolute atomic E-state index is 12.5. The third-order valence-corrected chi connectivity index (χ3v) is 5.10. The Morgan fingerprint density at radius 3 is 2.35 bits per heavy atom. The van der Waals surface area contributed by atoms with E-state index in [0.29, 0.717) is 44.8 Å². The number of urea groups is 1. The van der Waals surface area contributed by atoms with Crippen LogP contribution >= 0.6 is 0 Å². The van der Waals surface area contributed by atoms with Gasteiger partial charge in [0.25, 0.3) is 0 Å². The van der Waals surface area contributed by atoms with Crippen LogP contribution in [-0.2, 0) is 16.0 Å².